The standard InChI is InChI=1S/C17H27NO2/c1-12-10-13(2)15(14(11-12)19-5)16(18-4)17(3)8-6-7-9-20-17/h10-11,16,18H,6-9H2,1-5H3. The smallest absolute Gasteiger partial charge is 0.124 e. The minimum atomic E-state index is -0.166. The Kier molecular flexibility index (Phi) is 4.71. The fraction of sp³-hybridized carbons (Fsp3) is 0.647. The summed E-state index contributed by atoms with van der Waals surface area (Å²) >= 11 is 0. The first kappa shape index (κ1) is 15.3. The van der Waals surface area contributed by atoms with E-state index in [0.717, 1.165) is 25.2 Å². The van der Waals surface area contributed by atoms with Gasteiger partial charge in [0.15, 0.2) is 0 Å². The molecule has 20 heavy (non-hydrogen) atoms. The predicted octanol–water partition coefficient (Wildman–Crippen LogP) is 3.53. The zero-order valence-corrected chi connectivity index (χ0v) is 13.4. The molecule has 1 aliphatic heterocycles. The Hall–Kier alpha value is -1.06. The van der Waals surface area contributed by atoms with Gasteiger partial charge in [-0.15, -0.1) is 0 Å². The molecular weight excluding hydrogens is 250 g/mol. The molecule has 0 radical (unpaired) electrons. The number of likely N-dealkylation sites (N-methyl/N-ethyl adjacent to an activating group) is 1. The van der Waals surface area contributed by atoms with Crippen LogP contribution in [-0.2, 0) is 4.74 Å². The largest absolute Gasteiger partial charge is 0.496 e. The second-order valence-corrected chi connectivity index (χ2v) is 6.04. The van der Waals surface area contributed by atoms with Crippen LogP contribution >= 0.6 is 0 Å². The molecule has 3 nitrogen and oxygen atoms in total. The van der Waals surface area contributed by atoms with Crippen LogP contribution in [0.5, 0.6) is 5.75 Å². The second kappa shape index (κ2) is 6.15. The lowest BCUT2D eigenvalue weighted by atomic mass is 9.82. The zero-order chi connectivity index (χ0) is 14.8. The van der Waals surface area contributed by atoms with Gasteiger partial charge in [0.05, 0.1) is 18.8 Å². The molecule has 1 N–H and O–H groups in total. The van der Waals surface area contributed by atoms with Crippen molar-refractivity contribution in [3.05, 3.63) is 28.8 Å². The summed E-state index contributed by atoms with van der Waals surface area (Å²) in [7, 11) is 3.75. The Bertz CT molecular complexity index is 464. The van der Waals surface area contributed by atoms with E-state index in [2.05, 4.69) is 38.2 Å². The highest BCUT2D eigenvalue weighted by atomic mass is 16.5. The summed E-state index contributed by atoms with van der Waals surface area (Å²) in [5.74, 6) is 0.956. The summed E-state index contributed by atoms with van der Waals surface area (Å²) in [6.45, 7) is 7.32. The van der Waals surface area contributed by atoms with Gasteiger partial charge in [-0.2, -0.15) is 0 Å². The molecule has 1 fully saturated rings. The van der Waals surface area contributed by atoms with E-state index < -0.39 is 0 Å². The molecule has 2 unspecified atom stereocenters. The van der Waals surface area contributed by atoms with Gasteiger partial charge in [0, 0.05) is 12.2 Å². The van der Waals surface area contributed by atoms with Crippen LogP contribution in [0.3, 0.4) is 0 Å². The van der Waals surface area contributed by atoms with Crippen LogP contribution in [0.4, 0.5) is 0 Å². The molecule has 1 aromatic carbocycles. The molecule has 1 saturated heterocycles. The van der Waals surface area contributed by atoms with E-state index in [1.165, 1.54) is 23.1 Å². The van der Waals surface area contributed by atoms with Crippen molar-refractivity contribution in [3.63, 3.8) is 0 Å². The molecule has 1 heterocycles. The number of benzene rings is 1. The van der Waals surface area contributed by atoms with E-state index in [1.807, 2.05) is 7.05 Å². The number of ether oxygens (including phenoxy) is 2. The molecule has 2 atom stereocenters. The minimum Gasteiger partial charge on any atom is -0.496 e. The summed E-state index contributed by atoms with van der Waals surface area (Å²) in [6.07, 6.45) is 3.47. The van der Waals surface area contributed by atoms with Crippen molar-refractivity contribution < 1.29 is 9.47 Å². The molecule has 0 amide bonds. The van der Waals surface area contributed by atoms with Crippen LogP contribution in [0.15, 0.2) is 12.1 Å². The average Bonchev–Trinajstić information content (AvgIpc) is 2.42. The van der Waals surface area contributed by atoms with Crippen LogP contribution < -0.4 is 10.1 Å². The summed E-state index contributed by atoms with van der Waals surface area (Å²) in [5, 5.41) is 3.46. The van der Waals surface area contributed by atoms with Gasteiger partial charge in [0.25, 0.3) is 0 Å². The van der Waals surface area contributed by atoms with Crippen LogP contribution in [0, 0.1) is 13.8 Å². The minimum absolute atomic E-state index is 0.151. The molecule has 0 saturated carbocycles. The lowest BCUT2D eigenvalue weighted by Crippen LogP contribution is -2.45. The fourth-order valence-corrected chi connectivity index (χ4v) is 3.42. The lowest BCUT2D eigenvalue weighted by molar-refractivity contribution is -0.0889. The van der Waals surface area contributed by atoms with Crippen molar-refractivity contribution in [2.45, 2.75) is 51.7 Å². The maximum Gasteiger partial charge on any atom is 0.124 e. The highest BCUT2D eigenvalue weighted by Crippen LogP contribution is 2.41. The molecule has 2 rings (SSSR count). The maximum atomic E-state index is 6.14. The van der Waals surface area contributed by atoms with Crippen molar-refractivity contribution in [1.29, 1.82) is 0 Å². The molecule has 0 spiro atoms. The normalized spacial score (nSPS) is 24.4. The first-order chi connectivity index (χ1) is 9.51. The van der Waals surface area contributed by atoms with Crippen LogP contribution in [0.25, 0.3) is 0 Å². The van der Waals surface area contributed by atoms with E-state index >= 15 is 0 Å². The second-order valence-electron chi connectivity index (χ2n) is 6.04. The Morgan fingerprint density at radius 2 is 2.05 bits per heavy atom. The number of aryl methyl sites for hydroxylation is 2. The topological polar surface area (TPSA) is 30.5 Å². The lowest BCUT2D eigenvalue weighted by Gasteiger charge is -2.41. The quantitative estimate of drug-likeness (QED) is 0.913. The average molecular weight is 277 g/mol. The van der Waals surface area contributed by atoms with Gasteiger partial charge in [0.2, 0.25) is 0 Å². The summed E-state index contributed by atoms with van der Waals surface area (Å²) in [5.41, 5.74) is 3.55. The molecule has 0 aliphatic carbocycles. The van der Waals surface area contributed by atoms with Gasteiger partial charge in [-0.3, -0.25) is 0 Å². The van der Waals surface area contributed by atoms with Crippen molar-refractivity contribution in [2.75, 3.05) is 20.8 Å². The van der Waals surface area contributed by atoms with Crippen molar-refractivity contribution >= 4 is 0 Å². The first-order valence-corrected chi connectivity index (χ1v) is 7.48. The molecule has 3 heteroatoms. The third-order valence-corrected chi connectivity index (χ3v) is 4.40. The van der Waals surface area contributed by atoms with E-state index in [9.17, 15) is 0 Å². The van der Waals surface area contributed by atoms with Gasteiger partial charge in [0.1, 0.15) is 5.75 Å². The Balaban J connectivity index is 2.46. The highest BCUT2D eigenvalue weighted by molar-refractivity contribution is 5.46. The highest BCUT2D eigenvalue weighted by Gasteiger charge is 2.39. The third kappa shape index (κ3) is 2.84. The predicted molar refractivity (Wildman–Crippen MR) is 82.5 cm³/mol. The summed E-state index contributed by atoms with van der Waals surface area (Å²) < 4.78 is 11.8. The zero-order valence-electron chi connectivity index (χ0n) is 13.4. The number of hydrogen-bond donors (Lipinski definition) is 1. The van der Waals surface area contributed by atoms with Gasteiger partial charge < -0.3 is 14.8 Å². The van der Waals surface area contributed by atoms with E-state index in [1.54, 1.807) is 7.11 Å². The molecular formula is C17H27NO2. The SMILES string of the molecule is CNC(c1c(C)cc(C)cc1OC)C1(C)CCCCO1. The van der Waals surface area contributed by atoms with E-state index in [-0.39, 0.29) is 11.6 Å². The molecule has 0 bridgehead atoms. The maximum absolute atomic E-state index is 6.14. The molecule has 0 aromatic heterocycles. The van der Waals surface area contributed by atoms with Crippen LogP contribution in [0.1, 0.15) is 48.9 Å². The van der Waals surface area contributed by atoms with Gasteiger partial charge in [-0.25, -0.2) is 0 Å². The van der Waals surface area contributed by atoms with Crippen molar-refractivity contribution in [1.82, 2.24) is 5.32 Å². The molecule has 112 valence electrons. The Labute approximate surface area is 122 Å². The van der Waals surface area contributed by atoms with Gasteiger partial charge in [-0.05, 0) is 64.3 Å². The van der Waals surface area contributed by atoms with Crippen LogP contribution in [-0.4, -0.2) is 26.4 Å². The Morgan fingerprint density at radius 3 is 2.60 bits per heavy atom. The summed E-state index contributed by atoms with van der Waals surface area (Å²) in [6, 6.07) is 4.48. The summed E-state index contributed by atoms with van der Waals surface area (Å²) in [4.78, 5) is 0. The fourth-order valence-electron chi connectivity index (χ4n) is 3.42. The number of methoxy groups -OCH3 is 1. The monoisotopic (exact) mass is 277 g/mol. The number of rotatable bonds is 4. The number of hydrogen-bond acceptors (Lipinski definition) is 3. The van der Waals surface area contributed by atoms with E-state index in [4.69, 9.17) is 9.47 Å². The molecule has 1 aliphatic rings. The van der Waals surface area contributed by atoms with Crippen molar-refractivity contribution in [2.24, 2.45) is 0 Å². The number of nitrogens with one attached hydrogen (secondary N) is 1. The van der Waals surface area contributed by atoms with Crippen LogP contribution in [0.2, 0.25) is 0 Å². The van der Waals surface area contributed by atoms with Crippen molar-refractivity contribution in [3.8, 4) is 5.75 Å². The molecule has 1 aromatic rings. The van der Waals surface area contributed by atoms with E-state index in [0.29, 0.717) is 0 Å². The Morgan fingerprint density at radius 1 is 1.30 bits per heavy atom. The third-order valence-electron chi connectivity index (χ3n) is 4.40. The van der Waals surface area contributed by atoms with Gasteiger partial charge in [-0.1, -0.05) is 6.07 Å². The van der Waals surface area contributed by atoms with Gasteiger partial charge >= 0.3 is 0 Å². The first-order valence-electron chi connectivity index (χ1n) is 7.48.